The SMILES string of the molecule is CC1COC(CO)CN1Cc1cc(F)ccc1C(N)=S. The molecule has 0 aromatic heterocycles. The van der Waals surface area contributed by atoms with Crippen LogP contribution in [0.4, 0.5) is 4.39 Å². The summed E-state index contributed by atoms with van der Waals surface area (Å²) in [5, 5.41) is 9.20. The highest BCUT2D eigenvalue weighted by molar-refractivity contribution is 7.80. The lowest BCUT2D eigenvalue weighted by Crippen LogP contribution is -2.49. The molecule has 20 heavy (non-hydrogen) atoms. The molecule has 0 saturated carbocycles. The van der Waals surface area contributed by atoms with Crippen LogP contribution in [0.25, 0.3) is 0 Å². The predicted molar refractivity (Wildman–Crippen MR) is 79.0 cm³/mol. The van der Waals surface area contributed by atoms with Crippen molar-refractivity contribution in [3.05, 3.63) is 35.1 Å². The first kappa shape index (κ1) is 15.3. The van der Waals surface area contributed by atoms with Gasteiger partial charge in [0.1, 0.15) is 10.8 Å². The molecule has 1 aliphatic heterocycles. The number of aliphatic hydroxyl groups excluding tert-OH is 1. The number of morpholine rings is 1. The zero-order valence-corrected chi connectivity index (χ0v) is 12.2. The molecule has 1 aromatic rings. The van der Waals surface area contributed by atoms with Crippen molar-refractivity contribution in [1.82, 2.24) is 4.90 Å². The number of ether oxygens (including phenoxy) is 1. The van der Waals surface area contributed by atoms with Gasteiger partial charge in [0.05, 0.1) is 19.3 Å². The second kappa shape index (κ2) is 6.58. The Kier molecular flexibility index (Phi) is 5.04. The standard InChI is InChI=1S/C14H19FN2O2S/c1-9-8-19-12(7-18)6-17(9)5-10-4-11(15)2-3-13(10)14(16)20/h2-4,9,12,18H,5-8H2,1H3,(H2,16,20). The number of hydrogen-bond donors (Lipinski definition) is 2. The number of hydrogen-bond acceptors (Lipinski definition) is 4. The van der Waals surface area contributed by atoms with Gasteiger partial charge in [-0.15, -0.1) is 0 Å². The van der Waals surface area contributed by atoms with Crippen LogP contribution >= 0.6 is 12.2 Å². The van der Waals surface area contributed by atoms with Gasteiger partial charge in [-0.25, -0.2) is 4.39 Å². The van der Waals surface area contributed by atoms with Gasteiger partial charge in [-0.1, -0.05) is 12.2 Å². The van der Waals surface area contributed by atoms with Gasteiger partial charge in [-0.2, -0.15) is 0 Å². The summed E-state index contributed by atoms with van der Waals surface area (Å²) >= 11 is 5.01. The van der Waals surface area contributed by atoms with E-state index in [1.54, 1.807) is 6.07 Å². The Morgan fingerprint density at radius 1 is 1.60 bits per heavy atom. The quantitative estimate of drug-likeness (QED) is 0.814. The second-order valence-electron chi connectivity index (χ2n) is 5.08. The highest BCUT2D eigenvalue weighted by Gasteiger charge is 2.26. The Labute approximate surface area is 123 Å². The van der Waals surface area contributed by atoms with E-state index in [0.29, 0.717) is 25.3 Å². The molecule has 1 aliphatic rings. The summed E-state index contributed by atoms with van der Waals surface area (Å²) in [7, 11) is 0. The molecular weight excluding hydrogens is 279 g/mol. The smallest absolute Gasteiger partial charge is 0.123 e. The van der Waals surface area contributed by atoms with E-state index in [9.17, 15) is 9.50 Å². The summed E-state index contributed by atoms with van der Waals surface area (Å²) in [5.41, 5.74) is 7.15. The van der Waals surface area contributed by atoms with Crippen molar-refractivity contribution in [3.63, 3.8) is 0 Å². The van der Waals surface area contributed by atoms with Crippen LogP contribution in [0.3, 0.4) is 0 Å². The Hall–Kier alpha value is -1.08. The third-order valence-electron chi connectivity index (χ3n) is 3.54. The maximum atomic E-state index is 13.4. The molecular formula is C14H19FN2O2S. The number of halogens is 1. The first-order chi connectivity index (χ1) is 9.51. The van der Waals surface area contributed by atoms with E-state index in [1.165, 1.54) is 12.1 Å². The fraction of sp³-hybridized carbons (Fsp3) is 0.500. The minimum Gasteiger partial charge on any atom is -0.394 e. The Balaban J connectivity index is 2.19. The summed E-state index contributed by atoms with van der Waals surface area (Å²) in [5.74, 6) is -0.306. The predicted octanol–water partition coefficient (Wildman–Crippen LogP) is 1.04. The van der Waals surface area contributed by atoms with Crippen molar-refractivity contribution in [2.45, 2.75) is 25.6 Å². The average molecular weight is 298 g/mol. The number of nitrogens with two attached hydrogens (primary N) is 1. The zero-order valence-electron chi connectivity index (χ0n) is 11.4. The lowest BCUT2D eigenvalue weighted by Gasteiger charge is -2.37. The Morgan fingerprint density at radius 2 is 2.35 bits per heavy atom. The fourth-order valence-electron chi connectivity index (χ4n) is 2.36. The molecule has 0 amide bonds. The van der Waals surface area contributed by atoms with Gasteiger partial charge in [0.2, 0.25) is 0 Å². The molecule has 0 aliphatic carbocycles. The van der Waals surface area contributed by atoms with Gasteiger partial charge >= 0.3 is 0 Å². The third kappa shape index (κ3) is 3.52. The highest BCUT2D eigenvalue weighted by atomic mass is 32.1. The van der Waals surface area contributed by atoms with E-state index < -0.39 is 0 Å². The van der Waals surface area contributed by atoms with E-state index >= 15 is 0 Å². The maximum absolute atomic E-state index is 13.4. The molecule has 1 aromatic carbocycles. The van der Waals surface area contributed by atoms with Crippen LogP contribution < -0.4 is 5.73 Å². The summed E-state index contributed by atoms with van der Waals surface area (Å²) in [6.07, 6.45) is -0.201. The van der Waals surface area contributed by atoms with Crippen molar-refractivity contribution in [1.29, 1.82) is 0 Å². The lowest BCUT2D eigenvalue weighted by atomic mass is 10.0. The molecule has 2 unspecified atom stereocenters. The first-order valence-electron chi connectivity index (χ1n) is 6.56. The molecule has 1 saturated heterocycles. The van der Waals surface area contributed by atoms with Crippen LogP contribution in [0.5, 0.6) is 0 Å². The second-order valence-corrected chi connectivity index (χ2v) is 5.52. The van der Waals surface area contributed by atoms with Crippen molar-refractivity contribution in [2.75, 3.05) is 19.8 Å². The molecule has 1 heterocycles. The van der Waals surface area contributed by atoms with Gasteiger partial charge < -0.3 is 15.6 Å². The number of thiocarbonyl (C=S) groups is 1. The monoisotopic (exact) mass is 298 g/mol. The summed E-state index contributed by atoms with van der Waals surface area (Å²) in [6, 6.07) is 4.63. The number of rotatable bonds is 4. The molecule has 2 atom stereocenters. The number of benzene rings is 1. The number of aliphatic hydroxyl groups is 1. The van der Waals surface area contributed by atoms with Crippen molar-refractivity contribution in [2.24, 2.45) is 5.73 Å². The highest BCUT2D eigenvalue weighted by Crippen LogP contribution is 2.19. The molecule has 110 valence electrons. The molecule has 1 fully saturated rings. The molecule has 6 heteroatoms. The lowest BCUT2D eigenvalue weighted by molar-refractivity contribution is -0.0805. The van der Waals surface area contributed by atoms with Crippen LogP contribution in [0, 0.1) is 5.82 Å². The first-order valence-corrected chi connectivity index (χ1v) is 6.96. The summed E-state index contributed by atoms with van der Waals surface area (Å²) < 4.78 is 18.9. The number of nitrogens with zero attached hydrogens (tertiary/aromatic N) is 1. The van der Waals surface area contributed by atoms with Crippen molar-refractivity contribution >= 4 is 17.2 Å². The van der Waals surface area contributed by atoms with E-state index in [-0.39, 0.29) is 29.6 Å². The maximum Gasteiger partial charge on any atom is 0.123 e. The van der Waals surface area contributed by atoms with E-state index in [2.05, 4.69) is 4.90 Å². The molecule has 4 nitrogen and oxygen atoms in total. The van der Waals surface area contributed by atoms with Gasteiger partial charge in [0.25, 0.3) is 0 Å². The van der Waals surface area contributed by atoms with E-state index in [4.69, 9.17) is 22.7 Å². The van der Waals surface area contributed by atoms with Crippen molar-refractivity contribution < 1.29 is 14.2 Å². The van der Waals surface area contributed by atoms with Gasteiger partial charge in [0.15, 0.2) is 0 Å². The van der Waals surface area contributed by atoms with Crippen LogP contribution in [0.15, 0.2) is 18.2 Å². The minimum absolute atomic E-state index is 0.0193. The molecule has 0 bridgehead atoms. The molecule has 2 rings (SSSR count). The van der Waals surface area contributed by atoms with Gasteiger partial charge in [0, 0.05) is 24.7 Å². The molecule has 3 N–H and O–H groups in total. The van der Waals surface area contributed by atoms with Crippen molar-refractivity contribution in [3.8, 4) is 0 Å². The Morgan fingerprint density at radius 3 is 3.00 bits per heavy atom. The largest absolute Gasteiger partial charge is 0.394 e. The Bertz CT molecular complexity index is 498. The van der Waals surface area contributed by atoms with Crippen LogP contribution in [0.1, 0.15) is 18.1 Å². The normalized spacial score (nSPS) is 23.8. The molecule has 0 radical (unpaired) electrons. The fourth-order valence-corrected chi connectivity index (χ4v) is 2.56. The van der Waals surface area contributed by atoms with Crippen LogP contribution in [-0.2, 0) is 11.3 Å². The summed E-state index contributed by atoms with van der Waals surface area (Å²) in [6.45, 7) is 3.70. The third-order valence-corrected chi connectivity index (χ3v) is 3.76. The molecule has 0 spiro atoms. The average Bonchev–Trinajstić information content (AvgIpc) is 2.41. The van der Waals surface area contributed by atoms with E-state index in [0.717, 1.165) is 5.56 Å². The van der Waals surface area contributed by atoms with Gasteiger partial charge in [-0.05, 0) is 30.7 Å². The van der Waals surface area contributed by atoms with E-state index in [1.807, 2.05) is 6.92 Å². The summed E-state index contributed by atoms with van der Waals surface area (Å²) in [4.78, 5) is 2.40. The van der Waals surface area contributed by atoms with Crippen LogP contribution in [0.2, 0.25) is 0 Å². The van der Waals surface area contributed by atoms with Crippen LogP contribution in [-0.4, -0.2) is 46.9 Å². The van der Waals surface area contributed by atoms with Gasteiger partial charge in [-0.3, -0.25) is 4.90 Å². The minimum atomic E-state index is -0.306. The topological polar surface area (TPSA) is 58.7 Å². The zero-order chi connectivity index (χ0) is 14.7.